The molecule has 1 atom stereocenters. The second kappa shape index (κ2) is 5.94. The third-order valence-corrected chi connectivity index (χ3v) is 3.85. The first-order valence-electron chi connectivity index (χ1n) is 7.83. The molecular formula is C19H30O3. The van der Waals surface area contributed by atoms with Crippen LogP contribution < -0.4 is 0 Å². The molecule has 0 amide bonds. The number of carbonyl (C=O) groups is 1. The Kier molecular flexibility index (Phi) is 5.01. The topological polar surface area (TPSA) is 46.5 Å². The Balaban J connectivity index is 3.40. The molecule has 0 aromatic carbocycles. The smallest absolute Gasteiger partial charge is 0.313 e. The molecule has 3 heteroatoms. The van der Waals surface area contributed by atoms with E-state index >= 15 is 0 Å². The molecule has 3 nitrogen and oxygen atoms in total. The van der Waals surface area contributed by atoms with Crippen LogP contribution in [0.5, 0.6) is 0 Å². The molecule has 0 heterocycles. The number of esters is 1. The zero-order valence-electron chi connectivity index (χ0n) is 15.2. The van der Waals surface area contributed by atoms with Gasteiger partial charge in [0.05, 0.1) is 5.92 Å². The van der Waals surface area contributed by atoms with Crippen molar-refractivity contribution in [3.05, 3.63) is 35.3 Å². The summed E-state index contributed by atoms with van der Waals surface area (Å²) in [6, 6.07) is 0. The Morgan fingerprint density at radius 2 is 1.73 bits per heavy atom. The highest BCUT2D eigenvalue weighted by Crippen LogP contribution is 2.47. The molecule has 0 bridgehead atoms. The van der Waals surface area contributed by atoms with Gasteiger partial charge in [-0.2, -0.15) is 0 Å². The van der Waals surface area contributed by atoms with E-state index in [-0.39, 0.29) is 28.6 Å². The third kappa shape index (κ3) is 3.82. The predicted octanol–water partition coefficient (Wildman–Crippen LogP) is 5.16. The minimum absolute atomic E-state index is 0.209. The number of aliphatic hydroxyl groups excluding tert-OH is 1. The lowest BCUT2D eigenvalue weighted by atomic mass is 9.68. The Bertz CT molecular complexity index is 534. The van der Waals surface area contributed by atoms with Crippen molar-refractivity contribution in [2.75, 3.05) is 0 Å². The van der Waals surface area contributed by atoms with Crippen LogP contribution in [0.25, 0.3) is 0 Å². The van der Waals surface area contributed by atoms with E-state index in [1.165, 1.54) is 0 Å². The van der Waals surface area contributed by atoms with Crippen LogP contribution in [-0.2, 0) is 9.53 Å². The normalized spacial score (nSPS) is 20.3. The van der Waals surface area contributed by atoms with Crippen LogP contribution in [0.3, 0.4) is 0 Å². The fourth-order valence-corrected chi connectivity index (χ4v) is 2.62. The molecule has 0 aromatic rings. The first kappa shape index (κ1) is 18.5. The molecule has 0 radical (unpaired) electrons. The SMILES string of the molecule is C=C1C(OC(=O)C(C)C)=CC(C(C)(C)C)=C(O)C1C(C)(C)C. The molecule has 0 fully saturated rings. The minimum atomic E-state index is -0.283. The summed E-state index contributed by atoms with van der Waals surface area (Å²) in [7, 11) is 0. The molecule has 1 unspecified atom stereocenters. The average Bonchev–Trinajstić information content (AvgIpc) is 2.28. The zero-order chi connectivity index (χ0) is 17.5. The van der Waals surface area contributed by atoms with E-state index < -0.39 is 0 Å². The number of hydrogen-bond donors (Lipinski definition) is 1. The Hall–Kier alpha value is -1.51. The van der Waals surface area contributed by atoms with Gasteiger partial charge in [-0.25, -0.2) is 0 Å². The van der Waals surface area contributed by atoms with E-state index in [1.807, 2.05) is 41.5 Å². The van der Waals surface area contributed by atoms with Crippen molar-refractivity contribution in [3.63, 3.8) is 0 Å². The van der Waals surface area contributed by atoms with E-state index in [4.69, 9.17) is 4.74 Å². The fraction of sp³-hybridized carbons (Fsp3) is 0.632. The van der Waals surface area contributed by atoms with E-state index in [0.717, 1.165) is 5.57 Å². The van der Waals surface area contributed by atoms with E-state index in [1.54, 1.807) is 19.9 Å². The molecule has 0 saturated heterocycles. The van der Waals surface area contributed by atoms with Gasteiger partial charge in [-0.05, 0) is 28.1 Å². The van der Waals surface area contributed by atoms with Gasteiger partial charge in [0.1, 0.15) is 11.5 Å². The highest BCUT2D eigenvalue weighted by molar-refractivity contribution is 5.73. The van der Waals surface area contributed by atoms with Gasteiger partial charge in [0.15, 0.2) is 0 Å². The fourth-order valence-electron chi connectivity index (χ4n) is 2.62. The number of aliphatic hydroxyl groups is 1. The van der Waals surface area contributed by atoms with E-state index in [0.29, 0.717) is 17.1 Å². The quantitative estimate of drug-likeness (QED) is 0.717. The zero-order valence-corrected chi connectivity index (χ0v) is 15.2. The number of hydrogen-bond acceptors (Lipinski definition) is 3. The van der Waals surface area contributed by atoms with Crippen molar-refractivity contribution in [2.24, 2.45) is 22.7 Å². The number of rotatable bonds is 2. The summed E-state index contributed by atoms with van der Waals surface area (Å²) < 4.78 is 5.54. The first-order chi connectivity index (χ1) is 9.76. The van der Waals surface area contributed by atoms with E-state index in [9.17, 15) is 9.90 Å². The van der Waals surface area contributed by atoms with E-state index in [2.05, 4.69) is 6.58 Å². The lowest BCUT2D eigenvalue weighted by Gasteiger charge is -2.38. The van der Waals surface area contributed by atoms with Gasteiger partial charge in [-0.3, -0.25) is 4.79 Å². The van der Waals surface area contributed by atoms with Crippen molar-refractivity contribution in [3.8, 4) is 0 Å². The van der Waals surface area contributed by atoms with Gasteiger partial charge in [0.25, 0.3) is 0 Å². The molecule has 22 heavy (non-hydrogen) atoms. The predicted molar refractivity (Wildman–Crippen MR) is 90.2 cm³/mol. The van der Waals surface area contributed by atoms with Gasteiger partial charge in [0.2, 0.25) is 0 Å². The maximum Gasteiger partial charge on any atom is 0.313 e. The molecule has 1 aliphatic rings. The largest absolute Gasteiger partial charge is 0.511 e. The van der Waals surface area contributed by atoms with Crippen molar-refractivity contribution in [1.82, 2.24) is 0 Å². The molecule has 0 saturated carbocycles. The second-order valence-corrected chi connectivity index (χ2v) is 8.46. The monoisotopic (exact) mass is 306 g/mol. The van der Waals surface area contributed by atoms with Crippen LogP contribution in [0.2, 0.25) is 0 Å². The van der Waals surface area contributed by atoms with Crippen LogP contribution in [-0.4, -0.2) is 11.1 Å². The summed E-state index contributed by atoms with van der Waals surface area (Å²) >= 11 is 0. The number of ether oxygens (including phenoxy) is 1. The minimum Gasteiger partial charge on any atom is -0.511 e. The van der Waals surface area contributed by atoms with Crippen molar-refractivity contribution < 1.29 is 14.6 Å². The second-order valence-electron chi connectivity index (χ2n) is 8.46. The van der Waals surface area contributed by atoms with Crippen molar-refractivity contribution in [1.29, 1.82) is 0 Å². The standard InChI is InChI=1S/C19H30O3/c1-11(2)17(21)22-14-10-13(18(4,5)6)16(20)15(12(14)3)19(7,8)9/h10-11,15,20H,3H2,1-2,4-9H3. The summed E-state index contributed by atoms with van der Waals surface area (Å²) in [5.41, 5.74) is 0.990. The van der Waals surface area contributed by atoms with Gasteiger partial charge in [-0.1, -0.05) is 62.0 Å². The maximum atomic E-state index is 12.0. The molecule has 0 aliphatic heterocycles. The highest BCUT2D eigenvalue weighted by Gasteiger charge is 2.39. The Labute approximate surface area is 134 Å². The van der Waals surface area contributed by atoms with Crippen LogP contribution in [0.4, 0.5) is 0 Å². The number of allylic oxidation sites excluding steroid dienone is 4. The molecule has 1 rings (SSSR count). The molecule has 1 aliphatic carbocycles. The summed E-state index contributed by atoms with van der Waals surface area (Å²) in [5.74, 6) is 0.0477. The molecular weight excluding hydrogens is 276 g/mol. The number of carbonyl (C=O) groups excluding carboxylic acids is 1. The van der Waals surface area contributed by atoms with Crippen molar-refractivity contribution in [2.45, 2.75) is 55.4 Å². The van der Waals surface area contributed by atoms with Crippen LogP contribution >= 0.6 is 0 Å². The average molecular weight is 306 g/mol. The highest BCUT2D eigenvalue weighted by atomic mass is 16.5. The van der Waals surface area contributed by atoms with Gasteiger partial charge >= 0.3 is 5.97 Å². The summed E-state index contributed by atoms with van der Waals surface area (Å²) in [5, 5.41) is 10.8. The summed E-state index contributed by atoms with van der Waals surface area (Å²) in [6.45, 7) is 19.9. The van der Waals surface area contributed by atoms with Crippen LogP contribution in [0.1, 0.15) is 55.4 Å². The summed E-state index contributed by atoms with van der Waals surface area (Å²) in [4.78, 5) is 12.0. The summed E-state index contributed by atoms with van der Waals surface area (Å²) in [6.07, 6.45) is 1.76. The Morgan fingerprint density at radius 1 is 1.23 bits per heavy atom. The molecule has 0 aromatic heterocycles. The van der Waals surface area contributed by atoms with Crippen LogP contribution in [0, 0.1) is 22.7 Å². The lowest BCUT2D eigenvalue weighted by Crippen LogP contribution is -2.31. The Morgan fingerprint density at radius 3 is 2.09 bits per heavy atom. The molecule has 1 N–H and O–H groups in total. The maximum absolute atomic E-state index is 12.0. The first-order valence-corrected chi connectivity index (χ1v) is 7.83. The lowest BCUT2D eigenvalue weighted by molar-refractivity contribution is -0.142. The van der Waals surface area contributed by atoms with Gasteiger partial charge < -0.3 is 9.84 Å². The van der Waals surface area contributed by atoms with Crippen LogP contribution in [0.15, 0.2) is 35.3 Å². The van der Waals surface area contributed by atoms with Gasteiger partial charge in [-0.15, -0.1) is 0 Å². The van der Waals surface area contributed by atoms with Gasteiger partial charge in [0, 0.05) is 5.92 Å². The molecule has 0 spiro atoms. The molecule has 124 valence electrons. The van der Waals surface area contributed by atoms with Crippen molar-refractivity contribution >= 4 is 5.97 Å². The third-order valence-electron chi connectivity index (χ3n) is 3.85.